The van der Waals surface area contributed by atoms with Gasteiger partial charge in [0.25, 0.3) is 0 Å². The monoisotopic (exact) mass is 88.1 g/mol. The van der Waals surface area contributed by atoms with Crippen LogP contribution in [0.3, 0.4) is 0 Å². The standard InChI is InChI=1S/C6H9.Li/c1-2-6-3-5(1)4-6;/h5H,1-4H2;/q-1;+1. The van der Waals surface area contributed by atoms with Crippen LogP contribution in [0.15, 0.2) is 0 Å². The normalized spacial score (nSPS) is 29.1. The van der Waals surface area contributed by atoms with E-state index in [4.69, 9.17) is 0 Å². The van der Waals surface area contributed by atoms with Gasteiger partial charge in [-0.3, -0.25) is 0 Å². The fraction of sp³-hybridized carbons (Fsp3) is 0.833. The van der Waals surface area contributed by atoms with Crippen LogP contribution in [0.4, 0.5) is 0 Å². The first-order chi connectivity index (χ1) is 2.95. The molecule has 3 fully saturated rings. The van der Waals surface area contributed by atoms with Gasteiger partial charge in [-0.05, 0) is 0 Å². The Morgan fingerprint density at radius 1 is 1.29 bits per heavy atom. The summed E-state index contributed by atoms with van der Waals surface area (Å²) >= 11 is 0. The fourth-order valence-electron chi connectivity index (χ4n) is 1.57. The Labute approximate surface area is 56.8 Å². The Morgan fingerprint density at radius 3 is 2.14 bits per heavy atom. The average Bonchev–Trinajstić information content (AvgIpc) is 1.72. The first kappa shape index (κ1) is 5.73. The van der Waals surface area contributed by atoms with Crippen LogP contribution in [0, 0.1) is 11.8 Å². The maximum Gasteiger partial charge on any atom is 1.00 e. The minimum Gasteiger partial charge on any atom is -0.313 e. The summed E-state index contributed by atoms with van der Waals surface area (Å²) in [5.74, 6) is 3.00. The summed E-state index contributed by atoms with van der Waals surface area (Å²) in [5, 5.41) is 0. The minimum absolute atomic E-state index is 0. The molecule has 2 bridgehead atoms. The Hall–Kier alpha value is 0.597. The summed E-state index contributed by atoms with van der Waals surface area (Å²) in [6, 6.07) is 0. The third-order valence-corrected chi connectivity index (χ3v) is 2.06. The molecule has 0 saturated heterocycles. The van der Waals surface area contributed by atoms with Crippen LogP contribution in [0.1, 0.15) is 25.7 Å². The molecule has 0 radical (unpaired) electrons. The first-order valence-corrected chi connectivity index (χ1v) is 2.79. The molecule has 0 spiro atoms. The molecular formula is C6H9Li. The molecular weight excluding hydrogens is 79.0 g/mol. The van der Waals surface area contributed by atoms with Gasteiger partial charge in [-0.15, -0.1) is 0 Å². The molecule has 0 amide bonds. The van der Waals surface area contributed by atoms with Crippen molar-refractivity contribution in [2.45, 2.75) is 25.7 Å². The van der Waals surface area contributed by atoms with Gasteiger partial charge in [-0.1, -0.05) is 12.3 Å². The minimum atomic E-state index is 0. The summed E-state index contributed by atoms with van der Waals surface area (Å²) in [4.78, 5) is 0. The van der Waals surface area contributed by atoms with Crippen molar-refractivity contribution >= 4 is 0 Å². The van der Waals surface area contributed by atoms with E-state index in [1.54, 1.807) is 0 Å². The summed E-state index contributed by atoms with van der Waals surface area (Å²) in [6.07, 6.45) is 6.00. The van der Waals surface area contributed by atoms with Crippen molar-refractivity contribution in [3.63, 3.8) is 0 Å². The summed E-state index contributed by atoms with van der Waals surface area (Å²) < 4.78 is 0. The van der Waals surface area contributed by atoms with Gasteiger partial charge in [0.2, 0.25) is 0 Å². The topological polar surface area (TPSA) is 0 Å². The zero-order valence-electron chi connectivity index (χ0n) is 4.91. The molecule has 0 aliphatic heterocycles. The summed E-state index contributed by atoms with van der Waals surface area (Å²) in [5.41, 5.74) is 0. The van der Waals surface area contributed by atoms with Gasteiger partial charge >= 0.3 is 18.9 Å². The number of hydrogen-bond donors (Lipinski definition) is 0. The molecule has 3 rings (SSSR count). The van der Waals surface area contributed by atoms with Crippen molar-refractivity contribution in [3.8, 4) is 0 Å². The van der Waals surface area contributed by atoms with E-state index in [0.717, 1.165) is 5.92 Å². The van der Waals surface area contributed by atoms with Gasteiger partial charge < -0.3 is 5.92 Å². The molecule has 0 heterocycles. The Balaban J connectivity index is 0.000000245. The maximum atomic E-state index is 1.85. The zero-order chi connectivity index (χ0) is 3.98. The van der Waals surface area contributed by atoms with E-state index in [9.17, 15) is 0 Å². The van der Waals surface area contributed by atoms with Crippen molar-refractivity contribution < 1.29 is 18.9 Å². The van der Waals surface area contributed by atoms with Crippen molar-refractivity contribution in [1.29, 1.82) is 0 Å². The van der Waals surface area contributed by atoms with E-state index in [1.165, 1.54) is 25.7 Å². The number of fused-ring (bicyclic) bond motifs is 1. The van der Waals surface area contributed by atoms with Crippen LogP contribution < -0.4 is 18.9 Å². The van der Waals surface area contributed by atoms with Crippen molar-refractivity contribution in [1.82, 2.24) is 0 Å². The molecule has 7 heavy (non-hydrogen) atoms. The molecule has 1 heteroatoms. The van der Waals surface area contributed by atoms with Gasteiger partial charge in [0.1, 0.15) is 0 Å². The van der Waals surface area contributed by atoms with Crippen LogP contribution in [0.2, 0.25) is 0 Å². The van der Waals surface area contributed by atoms with E-state index in [-0.39, 0.29) is 18.9 Å². The van der Waals surface area contributed by atoms with Crippen LogP contribution in [-0.2, 0) is 0 Å². The average molecular weight is 88.1 g/mol. The van der Waals surface area contributed by atoms with Gasteiger partial charge in [-0.25, -0.2) is 0 Å². The van der Waals surface area contributed by atoms with Gasteiger partial charge in [-0.2, -0.15) is 19.3 Å². The molecule has 3 aliphatic carbocycles. The second-order valence-electron chi connectivity index (χ2n) is 2.56. The molecule has 0 aromatic heterocycles. The number of hydrogen-bond acceptors (Lipinski definition) is 0. The first-order valence-electron chi connectivity index (χ1n) is 2.79. The molecule has 0 atom stereocenters. The van der Waals surface area contributed by atoms with E-state index in [0.29, 0.717) is 0 Å². The molecule has 0 N–H and O–H groups in total. The molecule has 3 aliphatic rings. The van der Waals surface area contributed by atoms with Crippen molar-refractivity contribution in [2.24, 2.45) is 5.92 Å². The fourth-order valence-corrected chi connectivity index (χ4v) is 1.57. The van der Waals surface area contributed by atoms with Crippen molar-refractivity contribution in [2.75, 3.05) is 0 Å². The van der Waals surface area contributed by atoms with Crippen LogP contribution in [-0.4, -0.2) is 0 Å². The van der Waals surface area contributed by atoms with Crippen molar-refractivity contribution in [3.05, 3.63) is 5.92 Å². The Morgan fingerprint density at radius 2 is 2.00 bits per heavy atom. The SMILES string of the molecule is C1CC2C[C-]1C2.[Li+]. The second-order valence-corrected chi connectivity index (χ2v) is 2.56. The molecule has 0 nitrogen and oxygen atoms in total. The molecule has 0 aromatic carbocycles. The van der Waals surface area contributed by atoms with Crippen LogP contribution in [0.25, 0.3) is 0 Å². The largest absolute Gasteiger partial charge is 1.00 e. The van der Waals surface area contributed by atoms with Gasteiger partial charge in [0.05, 0.1) is 0 Å². The van der Waals surface area contributed by atoms with Crippen LogP contribution in [0.5, 0.6) is 0 Å². The van der Waals surface area contributed by atoms with E-state index < -0.39 is 0 Å². The van der Waals surface area contributed by atoms with E-state index in [1.807, 2.05) is 5.92 Å². The molecule has 0 aromatic rings. The molecule has 0 unspecified atom stereocenters. The van der Waals surface area contributed by atoms with Crippen LogP contribution >= 0.6 is 0 Å². The molecule has 34 valence electrons. The zero-order valence-corrected chi connectivity index (χ0v) is 4.91. The summed E-state index contributed by atoms with van der Waals surface area (Å²) in [7, 11) is 0. The number of rotatable bonds is 0. The van der Waals surface area contributed by atoms with E-state index >= 15 is 0 Å². The quantitative estimate of drug-likeness (QED) is 0.257. The third-order valence-electron chi connectivity index (χ3n) is 2.06. The smallest absolute Gasteiger partial charge is 0.313 e. The molecule has 3 saturated carbocycles. The van der Waals surface area contributed by atoms with Gasteiger partial charge in [0, 0.05) is 0 Å². The third kappa shape index (κ3) is 0.754. The van der Waals surface area contributed by atoms with E-state index in [2.05, 4.69) is 0 Å². The second kappa shape index (κ2) is 1.84. The predicted molar refractivity (Wildman–Crippen MR) is 25.2 cm³/mol. The Bertz CT molecular complexity index is 51.1. The Kier molecular flexibility index (Phi) is 1.51. The summed E-state index contributed by atoms with van der Waals surface area (Å²) in [6.45, 7) is 0. The maximum absolute atomic E-state index is 1.85. The predicted octanol–water partition coefficient (Wildman–Crippen LogP) is -1.23. The van der Waals surface area contributed by atoms with Gasteiger partial charge in [0.15, 0.2) is 0 Å².